The van der Waals surface area contributed by atoms with Crippen LogP contribution in [0, 0.1) is 0 Å². The first-order valence-corrected chi connectivity index (χ1v) is 7.04. The molecule has 3 rings (SSSR count). The number of nitrogens with zero attached hydrogens (tertiary/aromatic N) is 2. The van der Waals surface area contributed by atoms with Crippen LogP contribution < -0.4 is 4.74 Å². The van der Waals surface area contributed by atoms with Gasteiger partial charge in [0.2, 0.25) is 0 Å². The quantitative estimate of drug-likeness (QED) is 0.800. The van der Waals surface area contributed by atoms with Crippen LogP contribution in [-0.2, 0) is 6.61 Å². The molecular weight excluding hydrogens is 288 g/mol. The first-order valence-electron chi connectivity index (χ1n) is 6.66. The van der Waals surface area contributed by atoms with E-state index in [4.69, 9.17) is 16.3 Å². The third-order valence-electron chi connectivity index (χ3n) is 3.23. The minimum atomic E-state index is -0.546. The fourth-order valence-electron chi connectivity index (χ4n) is 2.10. The standard InChI is InChI=1S/C16H15ClN2O2/c1-11(20)12-5-6-15(14(17)8-12)21-10-13-9-19-7-3-2-4-16(19)18-13/h2-9,11,20H,10H2,1H3. The van der Waals surface area contributed by atoms with Crippen molar-refractivity contribution in [1.82, 2.24) is 9.38 Å². The average Bonchev–Trinajstić information content (AvgIpc) is 2.88. The van der Waals surface area contributed by atoms with E-state index in [0.29, 0.717) is 17.4 Å². The van der Waals surface area contributed by atoms with E-state index in [9.17, 15) is 5.11 Å². The van der Waals surface area contributed by atoms with E-state index in [1.165, 1.54) is 0 Å². The number of rotatable bonds is 4. The van der Waals surface area contributed by atoms with E-state index in [1.54, 1.807) is 25.1 Å². The van der Waals surface area contributed by atoms with Gasteiger partial charge in [0.1, 0.15) is 18.0 Å². The van der Waals surface area contributed by atoms with Gasteiger partial charge in [-0.05, 0) is 36.8 Å². The molecule has 3 aromatic rings. The van der Waals surface area contributed by atoms with Crippen molar-refractivity contribution in [3.05, 3.63) is 65.1 Å². The molecule has 21 heavy (non-hydrogen) atoms. The predicted molar refractivity (Wildman–Crippen MR) is 81.6 cm³/mol. The molecule has 2 heterocycles. The zero-order chi connectivity index (χ0) is 14.8. The zero-order valence-corrected chi connectivity index (χ0v) is 12.3. The fourth-order valence-corrected chi connectivity index (χ4v) is 2.35. The smallest absolute Gasteiger partial charge is 0.138 e. The van der Waals surface area contributed by atoms with Crippen LogP contribution in [0.1, 0.15) is 24.3 Å². The van der Waals surface area contributed by atoms with Gasteiger partial charge in [0.05, 0.1) is 16.8 Å². The average molecular weight is 303 g/mol. The van der Waals surface area contributed by atoms with Crippen LogP contribution in [0.25, 0.3) is 5.65 Å². The van der Waals surface area contributed by atoms with Gasteiger partial charge in [0.25, 0.3) is 0 Å². The Labute approximate surface area is 127 Å². The lowest BCUT2D eigenvalue weighted by atomic mass is 10.1. The van der Waals surface area contributed by atoms with Crippen molar-refractivity contribution >= 4 is 17.2 Å². The molecule has 0 aliphatic rings. The van der Waals surface area contributed by atoms with Gasteiger partial charge in [-0.1, -0.05) is 23.7 Å². The maximum Gasteiger partial charge on any atom is 0.138 e. The van der Waals surface area contributed by atoms with Gasteiger partial charge in [-0.25, -0.2) is 4.98 Å². The Morgan fingerprint density at radius 2 is 2.19 bits per heavy atom. The summed E-state index contributed by atoms with van der Waals surface area (Å²) in [7, 11) is 0. The number of fused-ring (bicyclic) bond motifs is 1. The maximum absolute atomic E-state index is 9.52. The lowest BCUT2D eigenvalue weighted by Gasteiger charge is -2.09. The summed E-state index contributed by atoms with van der Waals surface area (Å²) in [6.45, 7) is 2.04. The van der Waals surface area contributed by atoms with Crippen molar-refractivity contribution < 1.29 is 9.84 Å². The van der Waals surface area contributed by atoms with E-state index in [2.05, 4.69) is 4.98 Å². The normalized spacial score (nSPS) is 12.5. The largest absolute Gasteiger partial charge is 0.486 e. The lowest BCUT2D eigenvalue weighted by molar-refractivity contribution is 0.199. The second-order valence-electron chi connectivity index (χ2n) is 4.85. The molecule has 0 saturated carbocycles. The number of aromatic nitrogens is 2. The van der Waals surface area contributed by atoms with Gasteiger partial charge >= 0.3 is 0 Å². The zero-order valence-electron chi connectivity index (χ0n) is 11.5. The number of benzene rings is 1. The fraction of sp³-hybridized carbons (Fsp3) is 0.188. The number of ether oxygens (including phenoxy) is 1. The summed E-state index contributed by atoms with van der Waals surface area (Å²) in [6.07, 6.45) is 3.32. The number of imidazole rings is 1. The third kappa shape index (κ3) is 3.01. The van der Waals surface area contributed by atoms with E-state index >= 15 is 0 Å². The predicted octanol–water partition coefficient (Wildman–Crippen LogP) is 3.62. The van der Waals surface area contributed by atoms with Crippen molar-refractivity contribution in [3.8, 4) is 5.75 Å². The highest BCUT2D eigenvalue weighted by Crippen LogP contribution is 2.28. The molecule has 1 aromatic carbocycles. The molecule has 0 amide bonds. The molecule has 0 saturated heterocycles. The van der Waals surface area contributed by atoms with Gasteiger partial charge in [-0.15, -0.1) is 0 Å². The van der Waals surface area contributed by atoms with Crippen molar-refractivity contribution in [3.63, 3.8) is 0 Å². The molecule has 0 aliphatic carbocycles. The molecule has 0 bridgehead atoms. The molecule has 0 spiro atoms. The molecule has 1 N–H and O–H groups in total. The van der Waals surface area contributed by atoms with Crippen molar-refractivity contribution in [1.29, 1.82) is 0 Å². The van der Waals surface area contributed by atoms with Gasteiger partial charge in [-0.2, -0.15) is 0 Å². The van der Waals surface area contributed by atoms with Crippen LogP contribution in [0.4, 0.5) is 0 Å². The number of hydrogen-bond donors (Lipinski definition) is 1. The third-order valence-corrected chi connectivity index (χ3v) is 3.52. The molecule has 0 fully saturated rings. The Bertz CT molecular complexity index is 735. The van der Waals surface area contributed by atoms with Crippen molar-refractivity contribution in [2.75, 3.05) is 0 Å². The van der Waals surface area contributed by atoms with Crippen molar-refractivity contribution in [2.45, 2.75) is 19.6 Å². The summed E-state index contributed by atoms with van der Waals surface area (Å²) < 4.78 is 7.64. The summed E-state index contributed by atoms with van der Waals surface area (Å²) in [5.74, 6) is 0.582. The van der Waals surface area contributed by atoms with E-state index in [0.717, 1.165) is 16.9 Å². The molecule has 4 nitrogen and oxygen atoms in total. The van der Waals surface area contributed by atoms with E-state index in [-0.39, 0.29) is 0 Å². The highest BCUT2D eigenvalue weighted by molar-refractivity contribution is 6.32. The summed E-state index contributed by atoms with van der Waals surface area (Å²) in [6, 6.07) is 11.1. The van der Waals surface area contributed by atoms with Crippen LogP contribution in [-0.4, -0.2) is 14.5 Å². The lowest BCUT2D eigenvalue weighted by Crippen LogP contribution is -1.97. The Balaban J connectivity index is 1.75. The Morgan fingerprint density at radius 3 is 2.90 bits per heavy atom. The van der Waals surface area contributed by atoms with Crippen LogP contribution in [0.5, 0.6) is 5.75 Å². The summed E-state index contributed by atoms with van der Waals surface area (Å²) >= 11 is 6.16. The first kappa shape index (κ1) is 13.9. The Hall–Kier alpha value is -2.04. The monoisotopic (exact) mass is 302 g/mol. The highest BCUT2D eigenvalue weighted by Gasteiger charge is 2.08. The van der Waals surface area contributed by atoms with Gasteiger partial charge in [-0.3, -0.25) is 0 Å². The number of hydrogen-bond acceptors (Lipinski definition) is 3. The minimum absolute atomic E-state index is 0.343. The molecule has 108 valence electrons. The number of aliphatic hydroxyl groups is 1. The van der Waals surface area contributed by atoms with Crippen LogP contribution in [0.2, 0.25) is 5.02 Å². The van der Waals surface area contributed by atoms with Gasteiger partial charge in [0.15, 0.2) is 0 Å². The Morgan fingerprint density at radius 1 is 1.33 bits per heavy atom. The van der Waals surface area contributed by atoms with Crippen molar-refractivity contribution in [2.24, 2.45) is 0 Å². The van der Waals surface area contributed by atoms with E-state index in [1.807, 2.05) is 35.0 Å². The second-order valence-corrected chi connectivity index (χ2v) is 5.26. The number of halogens is 1. The van der Waals surface area contributed by atoms with Crippen LogP contribution >= 0.6 is 11.6 Å². The summed E-state index contributed by atoms with van der Waals surface area (Å²) in [5.41, 5.74) is 2.48. The number of pyridine rings is 1. The minimum Gasteiger partial charge on any atom is -0.486 e. The first-order chi connectivity index (χ1) is 10.1. The number of aliphatic hydroxyl groups excluding tert-OH is 1. The SMILES string of the molecule is CC(O)c1ccc(OCc2cn3ccccc3n2)c(Cl)c1. The van der Waals surface area contributed by atoms with Crippen LogP contribution in [0.3, 0.4) is 0 Å². The molecule has 0 radical (unpaired) electrons. The summed E-state index contributed by atoms with van der Waals surface area (Å²) in [5, 5.41) is 10.00. The molecule has 5 heteroatoms. The Kier molecular flexibility index (Phi) is 3.82. The second kappa shape index (κ2) is 5.76. The highest BCUT2D eigenvalue weighted by atomic mass is 35.5. The molecular formula is C16H15ClN2O2. The maximum atomic E-state index is 9.52. The molecule has 0 aliphatic heterocycles. The molecule has 1 atom stereocenters. The molecule has 1 unspecified atom stereocenters. The summed E-state index contributed by atoms with van der Waals surface area (Å²) in [4.78, 5) is 4.46. The van der Waals surface area contributed by atoms with Crippen LogP contribution in [0.15, 0.2) is 48.8 Å². The van der Waals surface area contributed by atoms with Gasteiger partial charge in [0, 0.05) is 12.4 Å². The molecule has 2 aromatic heterocycles. The van der Waals surface area contributed by atoms with Gasteiger partial charge < -0.3 is 14.2 Å². The van der Waals surface area contributed by atoms with E-state index < -0.39 is 6.10 Å². The topological polar surface area (TPSA) is 46.8 Å².